The molecule has 0 N–H and O–H groups in total. The molecule has 0 aromatic carbocycles. The van der Waals surface area contributed by atoms with Crippen LogP contribution in [0.15, 0.2) is 0 Å². The number of alkyl halides is 4. The molecular formula is C11H18BrF3O2. The molecule has 0 radical (unpaired) electrons. The van der Waals surface area contributed by atoms with Crippen molar-refractivity contribution in [2.24, 2.45) is 5.41 Å². The van der Waals surface area contributed by atoms with Gasteiger partial charge in [-0.3, -0.25) is 0 Å². The van der Waals surface area contributed by atoms with Gasteiger partial charge >= 0.3 is 6.18 Å². The van der Waals surface area contributed by atoms with E-state index in [4.69, 9.17) is 4.74 Å². The van der Waals surface area contributed by atoms with Crippen LogP contribution >= 0.6 is 15.9 Å². The van der Waals surface area contributed by atoms with Crippen molar-refractivity contribution in [3.8, 4) is 0 Å². The molecule has 1 fully saturated rings. The Kier molecular flexibility index (Phi) is 6.23. The first-order valence-corrected chi connectivity index (χ1v) is 6.88. The van der Waals surface area contributed by atoms with Gasteiger partial charge in [0.15, 0.2) is 0 Å². The standard InChI is InChI=1S/C11H18BrF3O2/c12-7-10(3-1-5-16-8-10)4-2-6-17-9-11(13,14)15/h1-9H2. The highest BCUT2D eigenvalue weighted by molar-refractivity contribution is 9.09. The van der Waals surface area contributed by atoms with E-state index in [2.05, 4.69) is 20.7 Å². The molecule has 0 saturated carbocycles. The van der Waals surface area contributed by atoms with Gasteiger partial charge in [0, 0.05) is 24.0 Å². The normalized spacial score (nSPS) is 26.1. The molecule has 0 spiro atoms. The van der Waals surface area contributed by atoms with Crippen LogP contribution in [0.1, 0.15) is 25.7 Å². The molecule has 0 aromatic heterocycles. The van der Waals surface area contributed by atoms with Crippen LogP contribution in [0.25, 0.3) is 0 Å². The SMILES string of the molecule is FC(F)(F)COCCCC1(CBr)CCCOC1. The van der Waals surface area contributed by atoms with E-state index in [1.165, 1.54) is 0 Å². The Bertz CT molecular complexity index is 215. The maximum Gasteiger partial charge on any atom is 0.411 e. The fraction of sp³-hybridized carbons (Fsp3) is 1.00. The third kappa shape index (κ3) is 6.06. The summed E-state index contributed by atoms with van der Waals surface area (Å²) in [6.45, 7) is 0.496. The topological polar surface area (TPSA) is 18.5 Å². The summed E-state index contributed by atoms with van der Waals surface area (Å²) in [5.74, 6) is 0. The van der Waals surface area contributed by atoms with Crippen molar-refractivity contribution in [2.75, 3.05) is 31.8 Å². The molecule has 102 valence electrons. The molecule has 1 atom stereocenters. The first-order valence-electron chi connectivity index (χ1n) is 5.76. The Morgan fingerprint density at radius 3 is 2.65 bits per heavy atom. The third-order valence-electron chi connectivity index (χ3n) is 2.95. The summed E-state index contributed by atoms with van der Waals surface area (Å²) in [5.41, 5.74) is 0.0832. The van der Waals surface area contributed by atoms with Crippen molar-refractivity contribution < 1.29 is 22.6 Å². The lowest BCUT2D eigenvalue weighted by Crippen LogP contribution is -2.33. The highest BCUT2D eigenvalue weighted by atomic mass is 79.9. The van der Waals surface area contributed by atoms with Crippen LogP contribution in [-0.2, 0) is 9.47 Å². The van der Waals surface area contributed by atoms with Crippen LogP contribution in [0.3, 0.4) is 0 Å². The monoisotopic (exact) mass is 318 g/mol. The van der Waals surface area contributed by atoms with Crippen molar-refractivity contribution in [3.05, 3.63) is 0 Å². The minimum absolute atomic E-state index is 0.0832. The first-order chi connectivity index (χ1) is 7.97. The molecule has 0 aromatic rings. The summed E-state index contributed by atoms with van der Waals surface area (Å²) in [5, 5.41) is 0.833. The van der Waals surface area contributed by atoms with Gasteiger partial charge in [-0.1, -0.05) is 15.9 Å². The van der Waals surface area contributed by atoms with Crippen molar-refractivity contribution in [2.45, 2.75) is 31.9 Å². The van der Waals surface area contributed by atoms with Crippen LogP contribution in [0, 0.1) is 5.41 Å². The number of halogens is 4. The number of hydrogen-bond donors (Lipinski definition) is 0. The fourth-order valence-electron chi connectivity index (χ4n) is 2.02. The van der Waals surface area contributed by atoms with E-state index in [-0.39, 0.29) is 12.0 Å². The summed E-state index contributed by atoms with van der Waals surface area (Å²) in [4.78, 5) is 0. The van der Waals surface area contributed by atoms with Crippen LogP contribution in [0.2, 0.25) is 0 Å². The molecule has 0 aliphatic carbocycles. The molecule has 0 amide bonds. The van der Waals surface area contributed by atoms with Crippen molar-refractivity contribution in [1.29, 1.82) is 0 Å². The predicted molar refractivity (Wildman–Crippen MR) is 62.4 cm³/mol. The van der Waals surface area contributed by atoms with E-state index in [9.17, 15) is 13.2 Å². The van der Waals surface area contributed by atoms with E-state index < -0.39 is 12.8 Å². The predicted octanol–water partition coefficient (Wildman–Crippen LogP) is 3.54. The minimum Gasteiger partial charge on any atom is -0.381 e. The maximum absolute atomic E-state index is 11.8. The van der Waals surface area contributed by atoms with E-state index in [1.54, 1.807) is 0 Å². The lowest BCUT2D eigenvalue weighted by Gasteiger charge is -2.35. The van der Waals surface area contributed by atoms with E-state index in [0.717, 1.165) is 31.2 Å². The molecule has 6 heteroatoms. The van der Waals surface area contributed by atoms with Gasteiger partial charge in [-0.2, -0.15) is 13.2 Å². The lowest BCUT2D eigenvalue weighted by atomic mass is 9.80. The van der Waals surface area contributed by atoms with E-state index in [1.807, 2.05) is 0 Å². The van der Waals surface area contributed by atoms with E-state index in [0.29, 0.717) is 13.0 Å². The number of ether oxygens (including phenoxy) is 2. The summed E-state index contributed by atoms with van der Waals surface area (Å²) < 4.78 is 45.5. The van der Waals surface area contributed by atoms with Crippen LogP contribution < -0.4 is 0 Å². The second-order valence-electron chi connectivity index (χ2n) is 4.56. The van der Waals surface area contributed by atoms with Crippen molar-refractivity contribution >= 4 is 15.9 Å². The average Bonchev–Trinajstić information content (AvgIpc) is 2.28. The minimum atomic E-state index is -4.22. The Hall–Kier alpha value is 0.190. The van der Waals surface area contributed by atoms with Crippen molar-refractivity contribution in [1.82, 2.24) is 0 Å². The molecule has 1 aliphatic heterocycles. The molecule has 1 aliphatic rings. The third-order valence-corrected chi connectivity index (χ3v) is 4.14. The zero-order valence-electron chi connectivity index (χ0n) is 9.69. The van der Waals surface area contributed by atoms with Gasteiger partial charge in [0.2, 0.25) is 0 Å². The summed E-state index contributed by atoms with van der Waals surface area (Å²) in [6, 6.07) is 0. The van der Waals surface area contributed by atoms with Gasteiger partial charge in [0.1, 0.15) is 6.61 Å². The molecule has 1 saturated heterocycles. The fourth-order valence-corrected chi connectivity index (χ4v) is 2.74. The molecule has 2 nitrogen and oxygen atoms in total. The maximum atomic E-state index is 11.8. The second kappa shape index (κ2) is 6.95. The van der Waals surface area contributed by atoms with Gasteiger partial charge in [0.25, 0.3) is 0 Å². The van der Waals surface area contributed by atoms with Gasteiger partial charge in [-0.25, -0.2) is 0 Å². The largest absolute Gasteiger partial charge is 0.411 e. The molecular weight excluding hydrogens is 301 g/mol. The zero-order valence-corrected chi connectivity index (χ0v) is 11.3. The first kappa shape index (κ1) is 15.2. The van der Waals surface area contributed by atoms with Crippen LogP contribution in [-0.4, -0.2) is 37.9 Å². The zero-order chi connectivity index (χ0) is 12.8. The number of hydrogen-bond acceptors (Lipinski definition) is 2. The summed E-state index contributed by atoms with van der Waals surface area (Å²) in [7, 11) is 0. The van der Waals surface area contributed by atoms with Gasteiger partial charge in [-0.05, 0) is 25.7 Å². The second-order valence-corrected chi connectivity index (χ2v) is 5.12. The quantitative estimate of drug-likeness (QED) is 0.551. The Labute approximate surface area is 108 Å². The van der Waals surface area contributed by atoms with Crippen molar-refractivity contribution in [3.63, 3.8) is 0 Å². The van der Waals surface area contributed by atoms with Gasteiger partial charge in [-0.15, -0.1) is 0 Å². The van der Waals surface area contributed by atoms with Gasteiger partial charge in [0.05, 0.1) is 6.61 Å². The molecule has 1 unspecified atom stereocenters. The Morgan fingerprint density at radius 1 is 1.35 bits per heavy atom. The molecule has 1 rings (SSSR count). The smallest absolute Gasteiger partial charge is 0.381 e. The Balaban J connectivity index is 2.15. The molecule has 0 bridgehead atoms. The highest BCUT2D eigenvalue weighted by Gasteiger charge is 2.31. The average molecular weight is 319 g/mol. The van der Waals surface area contributed by atoms with E-state index >= 15 is 0 Å². The van der Waals surface area contributed by atoms with Crippen LogP contribution in [0.4, 0.5) is 13.2 Å². The van der Waals surface area contributed by atoms with Gasteiger partial charge < -0.3 is 9.47 Å². The molecule has 17 heavy (non-hydrogen) atoms. The summed E-state index contributed by atoms with van der Waals surface area (Å²) in [6.07, 6.45) is -0.644. The highest BCUT2D eigenvalue weighted by Crippen LogP contribution is 2.35. The lowest BCUT2D eigenvalue weighted by molar-refractivity contribution is -0.174. The van der Waals surface area contributed by atoms with Crippen LogP contribution in [0.5, 0.6) is 0 Å². The molecule has 1 heterocycles. The number of rotatable bonds is 6. The Morgan fingerprint density at radius 2 is 2.12 bits per heavy atom. The summed E-state index contributed by atoms with van der Waals surface area (Å²) >= 11 is 3.47.